The molecule has 1 N–H and O–H groups in total. The zero-order valence-corrected chi connectivity index (χ0v) is 12.2. The molecule has 0 radical (unpaired) electrons. The lowest BCUT2D eigenvalue weighted by Gasteiger charge is -2.33. The molecule has 0 saturated carbocycles. The highest BCUT2D eigenvalue weighted by molar-refractivity contribution is 6.31. The number of hydrogen-bond donors (Lipinski definition) is 1. The van der Waals surface area contributed by atoms with Gasteiger partial charge in [-0.05, 0) is 11.6 Å². The van der Waals surface area contributed by atoms with Crippen molar-refractivity contribution in [2.75, 3.05) is 32.9 Å². The van der Waals surface area contributed by atoms with Crippen LogP contribution in [0.3, 0.4) is 0 Å². The number of nitrogens with one attached hydrogen (secondary N) is 1. The van der Waals surface area contributed by atoms with Crippen LogP contribution in [0.4, 0.5) is 4.39 Å². The second-order valence-corrected chi connectivity index (χ2v) is 4.26. The van der Waals surface area contributed by atoms with E-state index in [1.807, 2.05) is 0 Å². The molecule has 1 aliphatic rings. The van der Waals surface area contributed by atoms with E-state index in [4.69, 9.17) is 11.6 Å². The van der Waals surface area contributed by atoms with Crippen LogP contribution in [0.5, 0.6) is 0 Å². The molecule has 0 bridgehead atoms. The predicted molar refractivity (Wildman–Crippen MR) is 76.9 cm³/mol. The first-order valence-corrected chi connectivity index (χ1v) is 5.81. The summed E-state index contributed by atoms with van der Waals surface area (Å²) in [6, 6.07) is 1.56. The fourth-order valence-electron chi connectivity index (χ4n) is 2.03. The van der Waals surface area contributed by atoms with E-state index in [0.29, 0.717) is 5.02 Å². The number of pyridine rings is 1. The van der Waals surface area contributed by atoms with Gasteiger partial charge in [0, 0.05) is 38.6 Å². The quantitative estimate of drug-likeness (QED) is 0.928. The Morgan fingerprint density at radius 2 is 2.06 bits per heavy atom. The van der Waals surface area contributed by atoms with Gasteiger partial charge in [0.15, 0.2) is 0 Å². The Labute approximate surface area is 124 Å². The third kappa shape index (κ3) is 4.21. The molecule has 3 nitrogen and oxygen atoms in total. The van der Waals surface area contributed by atoms with Crippen LogP contribution in [0.1, 0.15) is 11.6 Å². The minimum atomic E-state index is -0.413. The molecule has 7 heteroatoms. The van der Waals surface area contributed by atoms with E-state index in [-0.39, 0.29) is 30.9 Å². The van der Waals surface area contributed by atoms with Crippen molar-refractivity contribution in [3.8, 4) is 0 Å². The smallest absolute Gasteiger partial charge is 0.109 e. The SMILES string of the molecule is Cl.Cl.FC[C@H](c1ccncc1Cl)N1CCNCC1. The average Bonchev–Trinajstić information content (AvgIpc) is 2.34. The summed E-state index contributed by atoms with van der Waals surface area (Å²) in [4.78, 5) is 6.04. The van der Waals surface area contributed by atoms with E-state index in [1.165, 1.54) is 0 Å². The molecule has 1 aromatic heterocycles. The summed E-state index contributed by atoms with van der Waals surface area (Å²) < 4.78 is 13.2. The molecule has 2 heterocycles. The minimum absolute atomic E-state index is 0. The lowest BCUT2D eigenvalue weighted by atomic mass is 10.1. The zero-order valence-electron chi connectivity index (χ0n) is 9.81. The molecule has 0 spiro atoms. The molecule has 2 rings (SSSR count). The Balaban J connectivity index is 0.00000144. The van der Waals surface area contributed by atoms with Crippen LogP contribution in [0.15, 0.2) is 18.5 Å². The van der Waals surface area contributed by atoms with Crippen LogP contribution in [0, 0.1) is 0 Å². The fourth-order valence-corrected chi connectivity index (χ4v) is 2.27. The first-order valence-electron chi connectivity index (χ1n) is 5.43. The Kier molecular flexibility index (Phi) is 8.82. The Morgan fingerprint density at radius 1 is 1.39 bits per heavy atom. The average molecular weight is 317 g/mol. The highest BCUT2D eigenvalue weighted by Crippen LogP contribution is 2.27. The summed E-state index contributed by atoms with van der Waals surface area (Å²) in [6.45, 7) is 3.10. The Morgan fingerprint density at radius 3 is 2.61 bits per heavy atom. The molecule has 18 heavy (non-hydrogen) atoms. The topological polar surface area (TPSA) is 28.2 Å². The summed E-state index contributed by atoms with van der Waals surface area (Å²) in [5, 5.41) is 3.80. The predicted octanol–water partition coefficient (Wildman–Crippen LogP) is 2.49. The molecule has 1 atom stereocenters. The number of hydrogen-bond acceptors (Lipinski definition) is 3. The molecular formula is C11H17Cl3FN3. The van der Waals surface area contributed by atoms with Crippen LogP contribution >= 0.6 is 36.4 Å². The van der Waals surface area contributed by atoms with Crippen molar-refractivity contribution in [2.24, 2.45) is 0 Å². The maximum atomic E-state index is 13.2. The van der Waals surface area contributed by atoms with Crippen LogP contribution in [-0.2, 0) is 0 Å². The van der Waals surface area contributed by atoms with Gasteiger partial charge in [-0.2, -0.15) is 0 Å². The van der Waals surface area contributed by atoms with E-state index >= 15 is 0 Å². The van der Waals surface area contributed by atoms with E-state index in [9.17, 15) is 4.39 Å². The lowest BCUT2D eigenvalue weighted by Crippen LogP contribution is -2.45. The van der Waals surface area contributed by atoms with Crippen LogP contribution in [0.2, 0.25) is 5.02 Å². The molecular weight excluding hydrogens is 299 g/mol. The number of halogens is 4. The molecule has 0 aromatic carbocycles. The summed E-state index contributed by atoms with van der Waals surface area (Å²) in [5.41, 5.74) is 0.834. The van der Waals surface area contributed by atoms with Crippen LogP contribution in [0.25, 0.3) is 0 Å². The molecule has 1 saturated heterocycles. The number of nitrogens with zero attached hydrogens (tertiary/aromatic N) is 2. The molecule has 0 aliphatic carbocycles. The van der Waals surface area contributed by atoms with Crippen molar-refractivity contribution in [3.05, 3.63) is 29.0 Å². The van der Waals surface area contributed by atoms with Gasteiger partial charge in [0.05, 0.1) is 11.1 Å². The van der Waals surface area contributed by atoms with Gasteiger partial charge in [-0.15, -0.1) is 24.8 Å². The van der Waals surface area contributed by atoms with E-state index < -0.39 is 6.67 Å². The van der Waals surface area contributed by atoms with Gasteiger partial charge in [0.25, 0.3) is 0 Å². The molecule has 1 aromatic rings. The number of alkyl halides is 1. The minimum Gasteiger partial charge on any atom is -0.314 e. The molecule has 0 unspecified atom stereocenters. The standard InChI is InChI=1S/C11H15ClFN3.2ClH/c12-10-8-15-2-1-9(10)11(7-13)16-5-3-14-4-6-16;;/h1-2,8,11,14H,3-7H2;2*1H/t11-;;/m1../s1. The highest BCUT2D eigenvalue weighted by atomic mass is 35.5. The van der Waals surface area contributed by atoms with Crippen molar-refractivity contribution >= 4 is 36.4 Å². The third-order valence-electron chi connectivity index (χ3n) is 2.90. The monoisotopic (exact) mass is 315 g/mol. The number of piperazine rings is 1. The fraction of sp³-hybridized carbons (Fsp3) is 0.545. The Bertz CT molecular complexity index is 348. The van der Waals surface area contributed by atoms with Crippen LogP contribution < -0.4 is 5.32 Å². The Hall–Kier alpha value is -0.130. The van der Waals surface area contributed by atoms with E-state index in [0.717, 1.165) is 31.7 Å². The second-order valence-electron chi connectivity index (χ2n) is 3.85. The first kappa shape index (κ1) is 17.9. The third-order valence-corrected chi connectivity index (χ3v) is 3.22. The summed E-state index contributed by atoms with van der Waals surface area (Å²) in [7, 11) is 0. The normalized spacial score (nSPS) is 17.4. The highest BCUT2D eigenvalue weighted by Gasteiger charge is 2.23. The van der Waals surface area contributed by atoms with Gasteiger partial charge in [-0.3, -0.25) is 9.88 Å². The molecule has 1 fully saturated rings. The van der Waals surface area contributed by atoms with Gasteiger partial charge in [0.2, 0.25) is 0 Å². The van der Waals surface area contributed by atoms with Crippen molar-refractivity contribution in [2.45, 2.75) is 6.04 Å². The van der Waals surface area contributed by atoms with Crippen molar-refractivity contribution in [1.29, 1.82) is 0 Å². The van der Waals surface area contributed by atoms with Gasteiger partial charge in [0.1, 0.15) is 6.67 Å². The van der Waals surface area contributed by atoms with Gasteiger partial charge in [-0.1, -0.05) is 11.6 Å². The lowest BCUT2D eigenvalue weighted by molar-refractivity contribution is 0.147. The van der Waals surface area contributed by atoms with Gasteiger partial charge in [-0.25, -0.2) is 4.39 Å². The molecule has 104 valence electrons. The van der Waals surface area contributed by atoms with Gasteiger partial charge < -0.3 is 5.32 Å². The summed E-state index contributed by atoms with van der Waals surface area (Å²) in [6.07, 6.45) is 3.23. The molecule has 1 aliphatic heterocycles. The number of rotatable bonds is 3. The van der Waals surface area contributed by atoms with E-state index in [2.05, 4.69) is 15.2 Å². The molecule has 0 amide bonds. The zero-order chi connectivity index (χ0) is 11.4. The maximum Gasteiger partial charge on any atom is 0.109 e. The van der Waals surface area contributed by atoms with Crippen molar-refractivity contribution < 1.29 is 4.39 Å². The van der Waals surface area contributed by atoms with Crippen LogP contribution in [-0.4, -0.2) is 42.7 Å². The second kappa shape index (κ2) is 8.88. The maximum absolute atomic E-state index is 13.2. The largest absolute Gasteiger partial charge is 0.314 e. The van der Waals surface area contributed by atoms with Crippen molar-refractivity contribution in [3.63, 3.8) is 0 Å². The first-order chi connectivity index (χ1) is 7.83. The van der Waals surface area contributed by atoms with Crippen molar-refractivity contribution in [1.82, 2.24) is 15.2 Å². The summed E-state index contributed by atoms with van der Waals surface area (Å²) in [5.74, 6) is 0. The van der Waals surface area contributed by atoms with Gasteiger partial charge >= 0.3 is 0 Å². The van der Waals surface area contributed by atoms with E-state index in [1.54, 1.807) is 18.5 Å². The number of aromatic nitrogens is 1. The summed E-state index contributed by atoms with van der Waals surface area (Å²) >= 11 is 6.05.